The first-order chi connectivity index (χ1) is 18.0. The van der Waals surface area contributed by atoms with Gasteiger partial charge in [0, 0.05) is 15.9 Å². The predicted octanol–water partition coefficient (Wildman–Crippen LogP) is 7.29. The van der Waals surface area contributed by atoms with Gasteiger partial charge in [-0.3, -0.25) is 18.7 Å². The van der Waals surface area contributed by atoms with Crippen LogP contribution in [0, 0.1) is 11.2 Å². The number of esters is 1. The van der Waals surface area contributed by atoms with E-state index < -0.39 is 54.9 Å². The molecule has 0 aliphatic carbocycles. The SMILES string of the molecule is CC(C)(C)C(=O)OCOP(=O)(O)C(C(=O)N/C=C/c1cc(F)cc(C(F)(F)F)c1)c1csc2ccc(Cl)cc12. The molecule has 39 heavy (non-hydrogen) atoms. The maximum Gasteiger partial charge on any atom is 0.416 e. The molecular formula is C25H23ClF4NO6PS. The number of amides is 1. The van der Waals surface area contributed by atoms with E-state index in [2.05, 4.69) is 5.32 Å². The molecule has 2 N–H and O–H groups in total. The molecule has 1 heterocycles. The Kier molecular flexibility index (Phi) is 9.29. The van der Waals surface area contributed by atoms with Crippen LogP contribution in [-0.4, -0.2) is 23.6 Å². The Hall–Kier alpha value is -2.76. The molecule has 3 rings (SSSR count). The zero-order chi connectivity index (χ0) is 29.2. The molecule has 0 aliphatic heterocycles. The van der Waals surface area contributed by atoms with E-state index in [1.54, 1.807) is 32.9 Å². The summed E-state index contributed by atoms with van der Waals surface area (Å²) >= 11 is 7.24. The van der Waals surface area contributed by atoms with E-state index in [0.717, 1.165) is 29.7 Å². The molecule has 2 aromatic carbocycles. The van der Waals surface area contributed by atoms with Crippen molar-refractivity contribution in [2.24, 2.45) is 5.41 Å². The molecule has 14 heteroatoms. The van der Waals surface area contributed by atoms with Crippen molar-refractivity contribution in [2.75, 3.05) is 6.79 Å². The number of rotatable bonds is 8. The normalized spacial score (nSPS) is 14.8. The Morgan fingerprint density at radius 1 is 1.18 bits per heavy atom. The van der Waals surface area contributed by atoms with Crippen LogP contribution in [0.15, 0.2) is 48.0 Å². The average Bonchev–Trinajstić information content (AvgIpc) is 3.19. The summed E-state index contributed by atoms with van der Waals surface area (Å²) in [6.07, 6.45) is -2.90. The first-order valence-corrected chi connectivity index (χ1v) is 14.0. The summed E-state index contributed by atoms with van der Waals surface area (Å²) < 4.78 is 76.5. The highest BCUT2D eigenvalue weighted by Crippen LogP contribution is 2.58. The maximum atomic E-state index is 13.7. The molecule has 1 aromatic heterocycles. The van der Waals surface area contributed by atoms with Crippen molar-refractivity contribution in [3.8, 4) is 0 Å². The lowest BCUT2D eigenvalue weighted by Gasteiger charge is -2.22. The predicted molar refractivity (Wildman–Crippen MR) is 139 cm³/mol. The van der Waals surface area contributed by atoms with Crippen LogP contribution in [0.1, 0.15) is 43.1 Å². The fourth-order valence-corrected chi connectivity index (χ4v) is 5.84. The Labute approximate surface area is 229 Å². The van der Waals surface area contributed by atoms with Crippen LogP contribution < -0.4 is 5.32 Å². The molecule has 0 bridgehead atoms. The topological polar surface area (TPSA) is 102 Å². The van der Waals surface area contributed by atoms with Gasteiger partial charge in [-0.25, -0.2) is 4.39 Å². The minimum absolute atomic E-state index is 0.0847. The molecule has 0 saturated carbocycles. The molecule has 0 radical (unpaired) electrons. The van der Waals surface area contributed by atoms with Gasteiger partial charge in [0.05, 0.1) is 11.0 Å². The first-order valence-electron chi connectivity index (χ1n) is 11.1. The second kappa shape index (κ2) is 11.8. The van der Waals surface area contributed by atoms with Crippen LogP contribution in [0.25, 0.3) is 16.2 Å². The zero-order valence-electron chi connectivity index (χ0n) is 20.7. The third-order valence-electron chi connectivity index (χ3n) is 5.22. The Bertz CT molecular complexity index is 1470. The number of carbonyl (C=O) groups is 2. The molecule has 0 aliphatic rings. The van der Waals surface area contributed by atoms with Crippen LogP contribution in [0.2, 0.25) is 5.02 Å². The van der Waals surface area contributed by atoms with Crippen LogP contribution in [-0.2, 0) is 29.6 Å². The number of halogens is 5. The van der Waals surface area contributed by atoms with Gasteiger partial charge in [-0.2, -0.15) is 13.2 Å². The zero-order valence-corrected chi connectivity index (χ0v) is 23.2. The quantitative estimate of drug-likeness (QED) is 0.121. The van der Waals surface area contributed by atoms with Crippen LogP contribution in [0.5, 0.6) is 0 Å². The van der Waals surface area contributed by atoms with Crippen molar-refractivity contribution in [3.05, 3.63) is 75.5 Å². The summed E-state index contributed by atoms with van der Waals surface area (Å²) in [6, 6.07) is 6.54. The van der Waals surface area contributed by atoms with E-state index in [4.69, 9.17) is 20.9 Å². The molecule has 7 nitrogen and oxygen atoms in total. The van der Waals surface area contributed by atoms with Crippen LogP contribution >= 0.6 is 30.5 Å². The van der Waals surface area contributed by atoms with Crippen molar-refractivity contribution >= 4 is 58.6 Å². The smallest absolute Gasteiger partial charge is 0.416 e. The highest BCUT2D eigenvalue weighted by molar-refractivity contribution is 7.54. The van der Waals surface area contributed by atoms with Gasteiger partial charge >= 0.3 is 19.7 Å². The van der Waals surface area contributed by atoms with Crippen molar-refractivity contribution in [3.63, 3.8) is 0 Å². The van der Waals surface area contributed by atoms with E-state index in [-0.39, 0.29) is 11.1 Å². The van der Waals surface area contributed by atoms with Gasteiger partial charge in [0.25, 0.3) is 0 Å². The van der Waals surface area contributed by atoms with Crippen LogP contribution in [0.3, 0.4) is 0 Å². The van der Waals surface area contributed by atoms with Gasteiger partial charge in [-0.15, -0.1) is 11.3 Å². The van der Waals surface area contributed by atoms with E-state index in [1.807, 2.05) is 0 Å². The Morgan fingerprint density at radius 2 is 1.87 bits per heavy atom. The summed E-state index contributed by atoms with van der Waals surface area (Å²) in [6.45, 7) is 3.77. The molecule has 1 amide bonds. The standard InChI is InChI=1S/C25H23ClF4NO6PS/c1-24(2,3)23(33)36-13-37-38(34,35)21(19-12-39-20-5-4-16(26)11-18(19)20)22(32)31-7-6-14-8-15(25(28,29)30)10-17(27)9-14/h4-12,21H,13H2,1-3H3,(H,31,32)(H,34,35)/b7-6+. The van der Waals surface area contributed by atoms with Crippen molar-refractivity contribution < 1.29 is 45.9 Å². The second-order valence-corrected chi connectivity index (χ2v) is 12.6. The molecule has 3 aromatic rings. The highest BCUT2D eigenvalue weighted by atomic mass is 35.5. The number of hydrogen-bond donors (Lipinski definition) is 2. The minimum atomic E-state index is -4.89. The average molecular weight is 608 g/mol. The number of carbonyl (C=O) groups excluding carboxylic acids is 2. The molecule has 2 atom stereocenters. The van der Waals surface area contributed by atoms with Gasteiger partial charge in [-0.1, -0.05) is 11.6 Å². The summed E-state index contributed by atoms with van der Waals surface area (Å²) in [5.74, 6) is -2.92. The third-order valence-corrected chi connectivity index (χ3v) is 8.08. The molecular weight excluding hydrogens is 585 g/mol. The lowest BCUT2D eigenvalue weighted by atomic mass is 9.98. The number of benzene rings is 2. The van der Waals surface area contributed by atoms with E-state index >= 15 is 0 Å². The first kappa shape index (κ1) is 30.8. The maximum absolute atomic E-state index is 13.7. The fraction of sp³-hybridized carbons (Fsp3) is 0.280. The summed E-state index contributed by atoms with van der Waals surface area (Å²) in [5.41, 5.74) is -4.13. The second-order valence-electron chi connectivity index (χ2n) is 9.34. The summed E-state index contributed by atoms with van der Waals surface area (Å²) in [4.78, 5) is 36.0. The minimum Gasteiger partial charge on any atom is -0.438 e. The largest absolute Gasteiger partial charge is 0.438 e. The summed E-state index contributed by atoms with van der Waals surface area (Å²) in [5, 5.41) is 4.38. The lowest BCUT2D eigenvalue weighted by Crippen LogP contribution is -2.27. The molecule has 0 spiro atoms. The Balaban J connectivity index is 1.91. The van der Waals surface area contributed by atoms with Crippen molar-refractivity contribution in [2.45, 2.75) is 32.6 Å². The van der Waals surface area contributed by atoms with E-state index in [1.165, 1.54) is 11.4 Å². The van der Waals surface area contributed by atoms with Crippen molar-refractivity contribution in [1.29, 1.82) is 0 Å². The highest BCUT2D eigenvalue weighted by Gasteiger charge is 2.42. The number of ether oxygens (including phenoxy) is 1. The number of thiophene rings is 1. The van der Waals surface area contributed by atoms with Gasteiger partial charge < -0.3 is 14.9 Å². The van der Waals surface area contributed by atoms with Gasteiger partial charge in [0.2, 0.25) is 12.7 Å². The van der Waals surface area contributed by atoms with Gasteiger partial charge in [0.15, 0.2) is 5.66 Å². The fourth-order valence-electron chi connectivity index (χ4n) is 3.32. The van der Waals surface area contributed by atoms with E-state index in [0.29, 0.717) is 27.2 Å². The molecule has 0 saturated heterocycles. The lowest BCUT2D eigenvalue weighted by molar-refractivity contribution is -0.159. The van der Waals surface area contributed by atoms with Gasteiger partial charge in [0.1, 0.15) is 5.82 Å². The monoisotopic (exact) mass is 607 g/mol. The third kappa shape index (κ3) is 7.89. The number of fused-ring (bicyclic) bond motifs is 1. The molecule has 2 unspecified atom stereocenters. The van der Waals surface area contributed by atoms with Gasteiger partial charge in [-0.05, 0) is 85.1 Å². The molecule has 0 fully saturated rings. The van der Waals surface area contributed by atoms with Crippen LogP contribution in [0.4, 0.5) is 17.6 Å². The van der Waals surface area contributed by atoms with Crippen molar-refractivity contribution in [1.82, 2.24) is 5.32 Å². The van der Waals surface area contributed by atoms with E-state index in [9.17, 15) is 36.6 Å². The number of alkyl halides is 3. The number of hydrogen-bond acceptors (Lipinski definition) is 6. The summed E-state index contributed by atoms with van der Waals surface area (Å²) in [7, 11) is -4.89. The Morgan fingerprint density at radius 3 is 2.51 bits per heavy atom. The molecule has 210 valence electrons. The number of nitrogens with one attached hydrogen (secondary N) is 1.